The Morgan fingerprint density at radius 2 is 2.24 bits per heavy atom. The van der Waals surface area contributed by atoms with E-state index in [-0.39, 0.29) is 12.1 Å². The van der Waals surface area contributed by atoms with Gasteiger partial charge in [0.2, 0.25) is 0 Å². The number of rotatable bonds is 4. The van der Waals surface area contributed by atoms with Crippen LogP contribution in [0, 0.1) is 0 Å². The molecule has 0 saturated heterocycles. The van der Waals surface area contributed by atoms with Gasteiger partial charge in [-0.1, -0.05) is 25.1 Å². The van der Waals surface area contributed by atoms with Crippen LogP contribution in [-0.2, 0) is 6.54 Å². The first-order valence-electron chi connectivity index (χ1n) is 6.11. The number of benzene rings is 1. The smallest absolute Gasteiger partial charge is 0.322 e. The second-order valence-corrected chi connectivity index (χ2v) is 4.35. The molecule has 0 fully saturated rings. The summed E-state index contributed by atoms with van der Waals surface area (Å²) in [6, 6.07) is 8.15. The number of nitrogens with two attached hydrogens (primary N) is 1. The van der Waals surface area contributed by atoms with E-state index in [0.29, 0.717) is 13.1 Å². The van der Waals surface area contributed by atoms with Crippen LogP contribution in [0.15, 0.2) is 24.3 Å². The van der Waals surface area contributed by atoms with E-state index in [1.165, 1.54) is 5.56 Å². The zero-order valence-electron chi connectivity index (χ0n) is 10.1. The molecule has 1 unspecified atom stereocenters. The highest BCUT2D eigenvalue weighted by molar-refractivity contribution is 5.92. The third-order valence-electron chi connectivity index (χ3n) is 3.27. The Morgan fingerprint density at radius 1 is 1.47 bits per heavy atom. The maximum atomic E-state index is 12.0. The average molecular weight is 233 g/mol. The zero-order valence-corrected chi connectivity index (χ0v) is 10.1. The number of amides is 2. The molecule has 1 atom stereocenters. The van der Waals surface area contributed by atoms with Gasteiger partial charge in [0.1, 0.15) is 0 Å². The van der Waals surface area contributed by atoms with Crippen LogP contribution in [0.3, 0.4) is 0 Å². The lowest BCUT2D eigenvalue weighted by Crippen LogP contribution is -2.45. The first-order chi connectivity index (χ1) is 8.26. The van der Waals surface area contributed by atoms with E-state index in [9.17, 15) is 4.79 Å². The zero-order chi connectivity index (χ0) is 12.3. The number of para-hydroxylation sites is 1. The minimum Gasteiger partial charge on any atom is -0.330 e. The fraction of sp³-hybridized carbons (Fsp3) is 0.462. The van der Waals surface area contributed by atoms with Gasteiger partial charge in [-0.2, -0.15) is 0 Å². The summed E-state index contributed by atoms with van der Waals surface area (Å²) >= 11 is 0. The number of nitrogens with zero attached hydrogens (tertiary/aromatic N) is 1. The molecule has 1 aliphatic rings. The number of hydrogen-bond donors (Lipinski definition) is 2. The quantitative estimate of drug-likeness (QED) is 0.837. The first-order valence-corrected chi connectivity index (χ1v) is 6.11. The van der Waals surface area contributed by atoms with Gasteiger partial charge >= 0.3 is 6.03 Å². The van der Waals surface area contributed by atoms with Crippen LogP contribution in [0.25, 0.3) is 0 Å². The summed E-state index contributed by atoms with van der Waals surface area (Å²) in [4.78, 5) is 13.9. The molecule has 2 amide bonds. The Bertz CT molecular complexity index is 405. The van der Waals surface area contributed by atoms with Crippen molar-refractivity contribution in [2.45, 2.75) is 32.4 Å². The van der Waals surface area contributed by atoms with Gasteiger partial charge in [-0.3, -0.25) is 0 Å². The molecule has 0 bridgehead atoms. The number of nitrogens with one attached hydrogen (secondary N) is 1. The minimum atomic E-state index is -0.0102. The van der Waals surface area contributed by atoms with Crippen molar-refractivity contribution >= 4 is 11.7 Å². The summed E-state index contributed by atoms with van der Waals surface area (Å²) in [6.45, 7) is 3.39. The highest BCUT2D eigenvalue weighted by Crippen LogP contribution is 2.25. The summed E-state index contributed by atoms with van der Waals surface area (Å²) in [6.07, 6.45) is 1.79. The van der Waals surface area contributed by atoms with Crippen molar-refractivity contribution in [2.24, 2.45) is 5.73 Å². The molecule has 0 spiro atoms. The number of hydrogen-bond acceptors (Lipinski definition) is 2. The van der Waals surface area contributed by atoms with Gasteiger partial charge in [-0.25, -0.2) is 4.79 Å². The molecule has 4 nitrogen and oxygen atoms in total. The van der Waals surface area contributed by atoms with Crippen LogP contribution in [-0.4, -0.2) is 23.5 Å². The van der Waals surface area contributed by atoms with Crippen molar-refractivity contribution in [1.82, 2.24) is 4.90 Å². The van der Waals surface area contributed by atoms with E-state index in [2.05, 4.69) is 18.3 Å². The molecule has 1 heterocycles. The van der Waals surface area contributed by atoms with Gasteiger partial charge in [0.15, 0.2) is 0 Å². The topological polar surface area (TPSA) is 58.4 Å². The molecule has 1 aromatic rings. The van der Waals surface area contributed by atoms with Crippen molar-refractivity contribution in [3.05, 3.63) is 29.8 Å². The van der Waals surface area contributed by atoms with Crippen molar-refractivity contribution in [1.29, 1.82) is 0 Å². The van der Waals surface area contributed by atoms with Crippen molar-refractivity contribution in [2.75, 3.05) is 11.9 Å². The molecule has 17 heavy (non-hydrogen) atoms. The molecule has 3 N–H and O–H groups in total. The Morgan fingerprint density at radius 3 is 2.94 bits per heavy atom. The van der Waals surface area contributed by atoms with E-state index in [0.717, 1.165) is 18.5 Å². The predicted molar refractivity (Wildman–Crippen MR) is 68.8 cm³/mol. The van der Waals surface area contributed by atoms with Gasteiger partial charge in [0.25, 0.3) is 0 Å². The van der Waals surface area contributed by atoms with Gasteiger partial charge in [0, 0.05) is 18.3 Å². The van der Waals surface area contributed by atoms with Crippen LogP contribution in [0.1, 0.15) is 25.3 Å². The fourth-order valence-electron chi connectivity index (χ4n) is 2.29. The first kappa shape index (κ1) is 11.9. The van der Waals surface area contributed by atoms with Gasteiger partial charge < -0.3 is 16.0 Å². The van der Waals surface area contributed by atoms with Crippen molar-refractivity contribution in [3.8, 4) is 0 Å². The Hall–Kier alpha value is -1.55. The van der Waals surface area contributed by atoms with Gasteiger partial charge in [-0.05, 0) is 31.0 Å². The second kappa shape index (κ2) is 5.19. The summed E-state index contributed by atoms with van der Waals surface area (Å²) < 4.78 is 0. The highest BCUT2D eigenvalue weighted by Gasteiger charge is 2.27. The molecule has 0 saturated carbocycles. The summed E-state index contributed by atoms with van der Waals surface area (Å²) in [5.74, 6) is 0. The molecular weight excluding hydrogens is 214 g/mol. The largest absolute Gasteiger partial charge is 0.330 e. The lowest BCUT2D eigenvalue weighted by molar-refractivity contribution is 0.175. The van der Waals surface area contributed by atoms with Crippen LogP contribution in [0.4, 0.5) is 10.5 Å². The highest BCUT2D eigenvalue weighted by atomic mass is 16.2. The molecule has 1 aromatic carbocycles. The lowest BCUT2D eigenvalue weighted by atomic mass is 10.1. The predicted octanol–water partition coefficient (Wildman–Crippen LogP) is 2.16. The summed E-state index contributed by atoms with van der Waals surface area (Å²) in [5.41, 5.74) is 7.69. The molecule has 0 radical (unpaired) electrons. The second-order valence-electron chi connectivity index (χ2n) is 4.35. The molecule has 4 heteroatoms. The van der Waals surface area contributed by atoms with Crippen LogP contribution in [0.5, 0.6) is 0 Å². The molecular formula is C13H19N3O. The van der Waals surface area contributed by atoms with E-state index < -0.39 is 0 Å². The third-order valence-corrected chi connectivity index (χ3v) is 3.27. The van der Waals surface area contributed by atoms with Gasteiger partial charge in [0.05, 0.1) is 0 Å². The number of carbonyl (C=O) groups excluding carboxylic acids is 1. The van der Waals surface area contributed by atoms with E-state index in [1.807, 2.05) is 23.1 Å². The van der Waals surface area contributed by atoms with Gasteiger partial charge in [-0.15, -0.1) is 0 Å². The average Bonchev–Trinajstić information content (AvgIpc) is 2.35. The van der Waals surface area contributed by atoms with Crippen LogP contribution < -0.4 is 11.1 Å². The number of carbonyl (C=O) groups is 1. The monoisotopic (exact) mass is 233 g/mol. The maximum absolute atomic E-state index is 12.0. The molecule has 2 rings (SSSR count). The van der Waals surface area contributed by atoms with Crippen LogP contribution in [0.2, 0.25) is 0 Å². The standard InChI is InChI=1S/C13H19N3O/c1-2-11(7-8-14)16-9-10-5-3-4-6-12(10)15-13(16)17/h3-6,11H,2,7-9,14H2,1H3,(H,15,17). The van der Waals surface area contributed by atoms with E-state index >= 15 is 0 Å². The molecule has 92 valence electrons. The van der Waals surface area contributed by atoms with E-state index in [4.69, 9.17) is 5.73 Å². The molecule has 0 aliphatic carbocycles. The number of anilines is 1. The van der Waals surface area contributed by atoms with Crippen molar-refractivity contribution in [3.63, 3.8) is 0 Å². The fourth-order valence-corrected chi connectivity index (χ4v) is 2.29. The normalized spacial score (nSPS) is 16.4. The number of urea groups is 1. The summed E-state index contributed by atoms with van der Waals surface area (Å²) in [5, 5.41) is 2.93. The third kappa shape index (κ3) is 2.42. The summed E-state index contributed by atoms with van der Waals surface area (Å²) in [7, 11) is 0. The van der Waals surface area contributed by atoms with Crippen LogP contribution >= 0.6 is 0 Å². The molecule has 0 aromatic heterocycles. The Labute approximate surface area is 102 Å². The number of fused-ring (bicyclic) bond motifs is 1. The maximum Gasteiger partial charge on any atom is 0.322 e. The SMILES string of the molecule is CCC(CCN)N1Cc2ccccc2NC1=O. The Balaban J connectivity index is 2.19. The molecule has 1 aliphatic heterocycles. The lowest BCUT2D eigenvalue weighted by Gasteiger charge is -2.35. The van der Waals surface area contributed by atoms with E-state index in [1.54, 1.807) is 0 Å². The minimum absolute atomic E-state index is 0.0102. The van der Waals surface area contributed by atoms with Crippen molar-refractivity contribution < 1.29 is 4.79 Å². The Kier molecular flexibility index (Phi) is 3.64.